The predicted octanol–water partition coefficient (Wildman–Crippen LogP) is 4.68. The van der Waals surface area contributed by atoms with E-state index in [9.17, 15) is 14.0 Å². The fraction of sp³-hybridized carbons (Fsp3) is 0.407. The van der Waals surface area contributed by atoms with Crippen LogP contribution in [0, 0.1) is 12.7 Å². The van der Waals surface area contributed by atoms with Gasteiger partial charge in [0.05, 0.1) is 23.5 Å². The predicted molar refractivity (Wildman–Crippen MR) is 148 cm³/mol. The van der Waals surface area contributed by atoms with Crippen LogP contribution in [0.15, 0.2) is 36.8 Å². The molecule has 0 saturated carbocycles. The summed E-state index contributed by atoms with van der Waals surface area (Å²) >= 11 is 5.97. The number of pyridine rings is 1. The molecular weight excluding hydrogens is 525 g/mol. The summed E-state index contributed by atoms with van der Waals surface area (Å²) in [6, 6.07) is 4.86. The van der Waals surface area contributed by atoms with E-state index in [4.69, 9.17) is 16.3 Å². The van der Waals surface area contributed by atoms with Gasteiger partial charge in [0, 0.05) is 67.8 Å². The average molecular weight is 556 g/mol. The van der Waals surface area contributed by atoms with Gasteiger partial charge in [0.25, 0.3) is 5.91 Å². The molecule has 0 unspecified atom stereocenters. The monoisotopic (exact) mass is 555 g/mol. The van der Waals surface area contributed by atoms with Gasteiger partial charge in [-0.3, -0.25) is 9.48 Å². The molecule has 0 aliphatic carbocycles. The number of alkyl halides is 1. The molecule has 1 N–H and O–H groups in total. The number of rotatable bonds is 5. The van der Waals surface area contributed by atoms with Crippen LogP contribution in [-0.2, 0) is 11.3 Å². The molecular formula is C27H31ClFN7O3. The van der Waals surface area contributed by atoms with Crippen LogP contribution in [-0.4, -0.2) is 73.7 Å². The van der Waals surface area contributed by atoms with E-state index in [1.54, 1.807) is 39.4 Å². The van der Waals surface area contributed by atoms with Crippen LogP contribution in [0.3, 0.4) is 0 Å². The van der Waals surface area contributed by atoms with Gasteiger partial charge in [0.2, 0.25) is 0 Å². The minimum atomic E-state index is -0.553. The maximum absolute atomic E-state index is 14.6. The smallest absolute Gasteiger partial charge is 0.410 e. The number of imidazole rings is 1. The van der Waals surface area contributed by atoms with Crippen molar-refractivity contribution < 1.29 is 18.7 Å². The van der Waals surface area contributed by atoms with E-state index in [0.29, 0.717) is 61.1 Å². The number of benzene rings is 1. The first-order valence-corrected chi connectivity index (χ1v) is 13.3. The number of anilines is 2. The first-order valence-electron chi connectivity index (χ1n) is 12.8. The Bertz CT molecular complexity index is 1550. The SMILES string of the molecule is Cc1cn2cc(NC(=O)c3ccc(N4CCN(C(=O)OC(C)(C)C)CC4)c4cn(CCCl)nc34)cc(F)c2n1. The lowest BCUT2D eigenvalue weighted by Crippen LogP contribution is -2.50. The number of aryl methyl sites for hydroxylation is 2. The summed E-state index contributed by atoms with van der Waals surface area (Å²) in [5.41, 5.74) is 2.41. The summed E-state index contributed by atoms with van der Waals surface area (Å²) in [5, 5.41) is 8.24. The van der Waals surface area contributed by atoms with Crippen molar-refractivity contribution in [1.82, 2.24) is 24.1 Å². The molecule has 39 heavy (non-hydrogen) atoms. The average Bonchev–Trinajstić information content (AvgIpc) is 3.45. The van der Waals surface area contributed by atoms with Gasteiger partial charge in [-0.05, 0) is 39.8 Å². The number of fused-ring (bicyclic) bond motifs is 2. The highest BCUT2D eigenvalue weighted by atomic mass is 35.5. The van der Waals surface area contributed by atoms with E-state index >= 15 is 0 Å². The Hall–Kier alpha value is -3.86. The molecule has 1 fully saturated rings. The molecule has 5 rings (SSSR count). The molecule has 12 heteroatoms. The van der Waals surface area contributed by atoms with Crippen molar-refractivity contribution in [3.8, 4) is 0 Å². The summed E-state index contributed by atoms with van der Waals surface area (Å²) in [6.45, 7) is 10.0. The van der Waals surface area contributed by atoms with Crippen LogP contribution in [0.5, 0.6) is 0 Å². The highest BCUT2D eigenvalue weighted by molar-refractivity contribution is 6.17. The van der Waals surface area contributed by atoms with Crippen molar-refractivity contribution in [3.63, 3.8) is 0 Å². The molecule has 10 nitrogen and oxygen atoms in total. The molecule has 1 saturated heterocycles. The molecule has 0 atom stereocenters. The third kappa shape index (κ3) is 5.63. The summed E-state index contributed by atoms with van der Waals surface area (Å²) < 4.78 is 23.3. The number of aromatic nitrogens is 4. The number of ether oxygens (including phenoxy) is 1. The Labute approximate surface area is 230 Å². The van der Waals surface area contributed by atoms with Crippen molar-refractivity contribution in [1.29, 1.82) is 0 Å². The quantitative estimate of drug-likeness (QED) is 0.359. The van der Waals surface area contributed by atoms with Crippen molar-refractivity contribution in [2.45, 2.75) is 39.8 Å². The summed E-state index contributed by atoms with van der Waals surface area (Å²) in [5.74, 6) is -0.574. The first-order chi connectivity index (χ1) is 18.5. The van der Waals surface area contributed by atoms with Gasteiger partial charge in [-0.1, -0.05) is 0 Å². The van der Waals surface area contributed by atoms with Gasteiger partial charge >= 0.3 is 6.09 Å². The number of amides is 2. The number of hydrogen-bond donors (Lipinski definition) is 1. The minimum absolute atomic E-state index is 0.198. The van der Waals surface area contributed by atoms with E-state index in [1.807, 2.05) is 33.0 Å². The van der Waals surface area contributed by atoms with Gasteiger partial charge < -0.3 is 24.3 Å². The number of nitrogens with one attached hydrogen (secondary N) is 1. The van der Waals surface area contributed by atoms with Gasteiger partial charge in [0.15, 0.2) is 11.5 Å². The minimum Gasteiger partial charge on any atom is -0.444 e. The second kappa shape index (κ2) is 10.4. The molecule has 1 aliphatic heterocycles. The third-order valence-corrected chi connectivity index (χ3v) is 6.58. The van der Waals surface area contributed by atoms with Crippen molar-refractivity contribution in [3.05, 3.63) is 53.9 Å². The number of carbonyl (C=O) groups excluding carboxylic acids is 2. The van der Waals surface area contributed by atoms with Crippen LogP contribution in [0.1, 0.15) is 36.8 Å². The number of hydrogen-bond acceptors (Lipinski definition) is 6. The Kier molecular flexibility index (Phi) is 7.11. The zero-order valence-electron chi connectivity index (χ0n) is 22.4. The number of halogens is 2. The largest absolute Gasteiger partial charge is 0.444 e. The summed E-state index contributed by atoms with van der Waals surface area (Å²) in [7, 11) is 0. The molecule has 1 aromatic carbocycles. The lowest BCUT2D eigenvalue weighted by atomic mass is 10.1. The lowest BCUT2D eigenvalue weighted by Gasteiger charge is -2.37. The molecule has 0 spiro atoms. The second-order valence-corrected chi connectivity index (χ2v) is 11.0. The Morgan fingerprint density at radius 2 is 1.87 bits per heavy atom. The zero-order valence-corrected chi connectivity index (χ0v) is 23.1. The van der Waals surface area contributed by atoms with Gasteiger partial charge in [-0.2, -0.15) is 5.10 Å². The van der Waals surface area contributed by atoms with E-state index in [-0.39, 0.29) is 11.7 Å². The van der Waals surface area contributed by atoms with E-state index in [1.165, 1.54) is 6.07 Å². The normalized spacial score (nSPS) is 14.3. The van der Waals surface area contributed by atoms with Gasteiger partial charge in [0.1, 0.15) is 11.1 Å². The van der Waals surface area contributed by atoms with Gasteiger partial charge in [-0.15, -0.1) is 11.6 Å². The molecule has 1 aliphatic rings. The number of carbonyl (C=O) groups is 2. The molecule has 2 amide bonds. The number of piperazine rings is 1. The zero-order chi connectivity index (χ0) is 27.9. The maximum atomic E-state index is 14.6. The summed E-state index contributed by atoms with van der Waals surface area (Å²) in [4.78, 5) is 33.9. The van der Waals surface area contributed by atoms with Crippen molar-refractivity contribution >= 4 is 51.5 Å². The van der Waals surface area contributed by atoms with E-state index in [2.05, 4.69) is 20.3 Å². The fourth-order valence-electron chi connectivity index (χ4n) is 4.70. The van der Waals surface area contributed by atoms with Gasteiger partial charge in [-0.25, -0.2) is 14.2 Å². The summed E-state index contributed by atoms with van der Waals surface area (Å²) in [6.07, 6.45) is 4.87. The van der Waals surface area contributed by atoms with E-state index < -0.39 is 17.3 Å². The second-order valence-electron chi connectivity index (χ2n) is 10.6. The Morgan fingerprint density at radius 1 is 1.13 bits per heavy atom. The molecule has 0 bridgehead atoms. The molecule has 3 aromatic heterocycles. The lowest BCUT2D eigenvalue weighted by molar-refractivity contribution is 0.0240. The first kappa shape index (κ1) is 26.7. The van der Waals surface area contributed by atoms with Crippen LogP contribution in [0.4, 0.5) is 20.6 Å². The van der Waals surface area contributed by atoms with Crippen LogP contribution in [0.25, 0.3) is 16.6 Å². The van der Waals surface area contributed by atoms with Crippen LogP contribution < -0.4 is 10.2 Å². The molecule has 206 valence electrons. The third-order valence-electron chi connectivity index (χ3n) is 6.42. The van der Waals surface area contributed by atoms with Crippen molar-refractivity contribution in [2.75, 3.05) is 42.3 Å². The highest BCUT2D eigenvalue weighted by Crippen LogP contribution is 2.31. The molecule has 4 heterocycles. The molecule has 0 radical (unpaired) electrons. The fourth-order valence-corrected chi connectivity index (χ4v) is 4.87. The number of nitrogens with zero attached hydrogens (tertiary/aromatic N) is 6. The standard InChI is InChI=1S/C27H31ClFN7O3/c1-17-14-35-15-18(13-21(29)24(35)30-17)31-25(37)19-5-6-22(20-16-36(8-7-28)32-23(19)20)33-9-11-34(12-10-33)26(38)39-27(2,3)4/h5-6,13-16H,7-12H2,1-4H3,(H,31,37). The van der Waals surface area contributed by atoms with Crippen LogP contribution in [0.2, 0.25) is 0 Å². The highest BCUT2D eigenvalue weighted by Gasteiger charge is 2.27. The van der Waals surface area contributed by atoms with E-state index in [0.717, 1.165) is 11.1 Å². The Balaban J connectivity index is 1.40. The Morgan fingerprint density at radius 3 is 2.56 bits per heavy atom. The van der Waals surface area contributed by atoms with Crippen molar-refractivity contribution in [2.24, 2.45) is 0 Å². The maximum Gasteiger partial charge on any atom is 0.410 e. The van der Waals surface area contributed by atoms with Crippen LogP contribution >= 0.6 is 11.6 Å². The topological polar surface area (TPSA) is 97.0 Å². The molecule has 4 aromatic rings.